The summed E-state index contributed by atoms with van der Waals surface area (Å²) in [7, 11) is 0.832. The molecule has 0 aliphatic rings. The molecule has 0 amide bonds. The van der Waals surface area contributed by atoms with Gasteiger partial charge in [0.05, 0.1) is 17.3 Å². The van der Waals surface area contributed by atoms with Crippen molar-refractivity contribution in [2.24, 2.45) is 7.05 Å². The van der Waals surface area contributed by atoms with Gasteiger partial charge < -0.3 is 4.74 Å². The van der Waals surface area contributed by atoms with Crippen LogP contribution in [0.1, 0.15) is 12.6 Å². The fraction of sp³-hybridized carbons (Fsp3) is 0.286. The summed E-state index contributed by atoms with van der Waals surface area (Å²) in [5.41, 5.74) is -4.66. The van der Waals surface area contributed by atoms with Crippen LogP contribution in [0.3, 0.4) is 0 Å². The highest BCUT2D eigenvalue weighted by molar-refractivity contribution is 6.32. The average Bonchev–Trinajstić information content (AvgIpc) is 2.46. The first-order chi connectivity index (χ1) is 11.1. The second kappa shape index (κ2) is 6.31. The summed E-state index contributed by atoms with van der Waals surface area (Å²) in [6.07, 6.45) is -4.90. The third kappa shape index (κ3) is 3.16. The van der Waals surface area contributed by atoms with Crippen LogP contribution in [0.4, 0.5) is 17.6 Å². The minimum atomic E-state index is -4.90. The number of rotatable bonds is 3. The maximum absolute atomic E-state index is 14.1. The molecule has 1 aromatic carbocycles. The van der Waals surface area contributed by atoms with E-state index in [9.17, 15) is 27.2 Å². The number of aromatic nitrogens is 2. The summed E-state index contributed by atoms with van der Waals surface area (Å²) in [4.78, 5) is 24.1. The van der Waals surface area contributed by atoms with E-state index in [0.29, 0.717) is 0 Å². The molecule has 5 nitrogen and oxygen atoms in total. The van der Waals surface area contributed by atoms with Gasteiger partial charge >= 0.3 is 11.9 Å². The Kier molecular flexibility index (Phi) is 4.75. The van der Waals surface area contributed by atoms with Gasteiger partial charge in [0.1, 0.15) is 17.3 Å². The minimum Gasteiger partial charge on any atom is -0.492 e. The number of hydrogen-bond donors (Lipinski definition) is 0. The Bertz CT molecular complexity index is 903. The van der Waals surface area contributed by atoms with E-state index in [1.54, 1.807) is 6.92 Å². The lowest BCUT2D eigenvalue weighted by Crippen LogP contribution is -2.41. The van der Waals surface area contributed by atoms with Crippen LogP contribution < -0.4 is 16.0 Å². The predicted octanol–water partition coefficient (Wildman–Crippen LogP) is 2.75. The molecule has 0 spiro atoms. The zero-order chi connectivity index (χ0) is 18.2. The van der Waals surface area contributed by atoms with Crippen molar-refractivity contribution in [3.05, 3.63) is 55.6 Å². The molecule has 1 heterocycles. The zero-order valence-electron chi connectivity index (χ0n) is 12.4. The Hall–Kier alpha value is -2.29. The highest BCUT2D eigenvalue weighted by Crippen LogP contribution is 2.30. The number of hydrogen-bond acceptors (Lipinski definition) is 3. The van der Waals surface area contributed by atoms with Gasteiger partial charge in [-0.15, -0.1) is 0 Å². The van der Waals surface area contributed by atoms with E-state index in [1.807, 2.05) is 0 Å². The molecule has 0 unspecified atom stereocenters. The molecule has 0 N–H and O–H groups in total. The summed E-state index contributed by atoms with van der Waals surface area (Å²) in [6.45, 7) is 1.80. The molecule has 0 fully saturated rings. The average molecular weight is 367 g/mol. The third-order valence-electron chi connectivity index (χ3n) is 3.15. The summed E-state index contributed by atoms with van der Waals surface area (Å²) >= 11 is 5.78. The molecule has 0 saturated carbocycles. The molecule has 0 saturated heterocycles. The van der Waals surface area contributed by atoms with Crippen molar-refractivity contribution in [3.8, 4) is 11.4 Å². The molecule has 0 aliphatic carbocycles. The summed E-state index contributed by atoms with van der Waals surface area (Å²) in [5.74, 6) is -1.06. The van der Waals surface area contributed by atoms with Gasteiger partial charge in [0, 0.05) is 19.2 Å². The number of ether oxygens (including phenoxy) is 1. The minimum absolute atomic E-state index is 0.00980. The number of halogens is 5. The second-order valence-electron chi connectivity index (χ2n) is 4.71. The molecule has 130 valence electrons. The lowest BCUT2D eigenvalue weighted by molar-refractivity contribution is -0.144. The maximum Gasteiger partial charge on any atom is 0.431 e. The van der Waals surface area contributed by atoms with E-state index < -0.39 is 34.6 Å². The first-order valence-electron chi connectivity index (χ1n) is 6.60. The van der Waals surface area contributed by atoms with Gasteiger partial charge in [-0.1, -0.05) is 11.6 Å². The zero-order valence-corrected chi connectivity index (χ0v) is 13.2. The van der Waals surface area contributed by atoms with Crippen LogP contribution in [0.2, 0.25) is 5.02 Å². The highest BCUT2D eigenvalue weighted by Gasteiger charge is 2.35. The van der Waals surface area contributed by atoms with E-state index in [-0.39, 0.29) is 32.6 Å². The van der Waals surface area contributed by atoms with E-state index >= 15 is 0 Å². The monoisotopic (exact) mass is 366 g/mol. The van der Waals surface area contributed by atoms with Crippen molar-refractivity contribution in [3.63, 3.8) is 0 Å². The topological polar surface area (TPSA) is 53.2 Å². The summed E-state index contributed by atoms with van der Waals surface area (Å²) in [5, 5.41) is -0.102. The van der Waals surface area contributed by atoms with Gasteiger partial charge in [0.2, 0.25) is 0 Å². The van der Waals surface area contributed by atoms with Crippen LogP contribution in [0.15, 0.2) is 27.8 Å². The molecule has 0 aliphatic heterocycles. The Morgan fingerprint density at radius 1 is 1.21 bits per heavy atom. The smallest absolute Gasteiger partial charge is 0.431 e. The standard InChI is InChI=1S/C14H11ClF4N2O3/c1-3-24-10-5-9(8(16)4-7(10)15)21-12(22)6-11(14(17,18)19)20(2)13(21)23/h4-6H,3H2,1-2H3. The van der Waals surface area contributed by atoms with Gasteiger partial charge in [0.25, 0.3) is 5.56 Å². The van der Waals surface area contributed by atoms with Crippen LogP contribution in [-0.2, 0) is 13.2 Å². The van der Waals surface area contributed by atoms with Gasteiger partial charge in [-0.2, -0.15) is 13.2 Å². The van der Waals surface area contributed by atoms with E-state index in [0.717, 1.165) is 19.2 Å². The van der Waals surface area contributed by atoms with Crippen molar-refractivity contribution in [1.82, 2.24) is 9.13 Å². The van der Waals surface area contributed by atoms with E-state index in [2.05, 4.69) is 0 Å². The molecule has 2 rings (SSSR count). The lowest BCUT2D eigenvalue weighted by Gasteiger charge is -2.15. The Labute approximate surface area is 137 Å². The molecule has 0 bridgehead atoms. The lowest BCUT2D eigenvalue weighted by atomic mass is 10.2. The molecule has 0 radical (unpaired) electrons. The van der Waals surface area contributed by atoms with Crippen LogP contribution in [-0.4, -0.2) is 15.7 Å². The maximum atomic E-state index is 14.1. The fourth-order valence-corrected chi connectivity index (χ4v) is 2.28. The Morgan fingerprint density at radius 3 is 2.38 bits per heavy atom. The number of benzene rings is 1. The Balaban J connectivity index is 2.80. The molecule has 2 aromatic rings. The first-order valence-corrected chi connectivity index (χ1v) is 6.98. The fourth-order valence-electron chi connectivity index (χ4n) is 2.08. The van der Waals surface area contributed by atoms with Crippen molar-refractivity contribution >= 4 is 11.6 Å². The van der Waals surface area contributed by atoms with Gasteiger partial charge in [-0.3, -0.25) is 9.36 Å². The van der Waals surface area contributed by atoms with Gasteiger partial charge in [-0.25, -0.2) is 13.8 Å². The second-order valence-corrected chi connectivity index (χ2v) is 5.12. The van der Waals surface area contributed by atoms with Crippen molar-refractivity contribution < 1.29 is 22.3 Å². The largest absolute Gasteiger partial charge is 0.492 e. The molecule has 24 heavy (non-hydrogen) atoms. The van der Waals surface area contributed by atoms with Gasteiger partial charge in [0.15, 0.2) is 0 Å². The predicted molar refractivity (Wildman–Crippen MR) is 78.4 cm³/mol. The molecular weight excluding hydrogens is 356 g/mol. The number of alkyl halides is 3. The van der Waals surface area contributed by atoms with E-state index in [4.69, 9.17) is 16.3 Å². The molecule has 10 heteroatoms. The third-order valence-corrected chi connectivity index (χ3v) is 3.45. The van der Waals surface area contributed by atoms with Crippen LogP contribution in [0, 0.1) is 5.82 Å². The summed E-state index contributed by atoms with van der Waals surface area (Å²) in [6, 6.07) is 2.01. The van der Waals surface area contributed by atoms with E-state index in [1.165, 1.54) is 0 Å². The van der Waals surface area contributed by atoms with Crippen molar-refractivity contribution in [2.45, 2.75) is 13.1 Å². The van der Waals surface area contributed by atoms with Crippen molar-refractivity contribution in [2.75, 3.05) is 6.61 Å². The normalized spacial score (nSPS) is 11.6. The molecule has 1 aromatic heterocycles. The van der Waals surface area contributed by atoms with Crippen LogP contribution in [0.5, 0.6) is 5.75 Å². The molecule has 0 atom stereocenters. The Morgan fingerprint density at radius 2 is 1.83 bits per heavy atom. The first kappa shape index (κ1) is 18.1. The van der Waals surface area contributed by atoms with Crippen LogP contribution in [0.25, 0.3) is 5.69 Å². The quantitative estimate of drug-likeness (QED) is 0.785. The molecular formula is C14H11ClF4N2O3. The van der Waals surface area contributed by atoms with Crippen LogP contribution >= 0.6 is 11.6 Å². The SMILES string of the molecule is CCOc1cc(-n2c(=O)cc(C(F)(F)F)n(C)c2=O)c(F)cc1Cl. The van der Waals surface area contributed by atoms with Crippen molar-refractivity contribution in [1.29, 1.82) is 0 Å². The highest BCUT2D eigenvalue weighted by atomic mass is 35.5. The summed E-state index contributed by atoms with van der Waals surface area (Å²) < 4.78 is 58.2. The van der Waals surface area contributed by atoms with Gasteiger partial charge in [-0.05, 0) is 13.0 Å². The number of nitrogens with zero attached hydrogens (tertiary/aromatic N) is 2.